The van der Waals surface area contributed by atoms with Crippen LogP contribution in [0.25, 0.3) is 0 Å². The number of nitrogens with zero attached hydrogens (tertiary/aromatic N) is 2. The first-order valence-electron chi connectivity index (χ1n) is 3.85. The van der Waals surface area contributed by atoms with Gasteiger partial charge in [-0.3, -0.25) is 4.79 Å². The molecule has 0 fully saturated rings. The molecular formula is C7H9N3O3S. The predicted octanol–water partition coefficient (Wildman–Crippen LogP) is -0.330. The lowest BCUT2D eigenvalue weighted by Crippen LogP contribution is -2.41. The molecule has 1 amide bonds. The van der Waals surface area contributed by atoms with Crippen LogP contribution in [0.1, 0.15) is 11.9 Å². The molecule has 1 heterocycles. The number of carbonyl (C=O) groups excluding carboxylic acids is 1. The summed E-state index contributed by atoms with van der Waals surface area (Å²) < 4.78 is 3.74. The summed E-state index contributed by atoms with van der Waals surface area (Å²) in [5.41, 5.74) is 0. The number of carbonyl (C=O) groups is 2. The third-order valence-corrected chi connectivity index (χ3v) is 2.14. The Morgan fingerprint density at radius 2 is 2.43 bits per heavy atom. The molecule has 0 saturated carbocycles. The highest BCUT2D eigenvalue weighted by Crippen LogP contribution is 2.04. The van der Waals surface area contributed by atoms with Crippen molar-refractivity contribution in [3.63, 3.8) is 0 Å². The topological polar surface area (TPSA) is 92.2 Å². The summed E-state index contributed by atoms with van der Waals surface area (Å²) in [6.45, 7) is 1.27. The number of rotatable bonds is 4. The first-order valence-corrected chi connectivity index (χ1v) is 4.62. The van der Waals surface area contributed by atoms with Crippen LogP contribution in [-0.4, -0.2) is 32.4 Å². The lowest BCUT2D eigenvalue weighted by atomic mass is 10.2. The molecule has 0 saturated heterocycles. The lowest BCUT2D eigenvalue weighted by Gasteiger charge is -2.10. The first kappa shape index (κ1) is 10.6. The van der Waals surface area contributed by atoms with Crippen LogP contribution in [0.2, 0.25) is 0 Å². The van der Waals surface area contributed by atoms with Crippen LogP contribution in [0, 0.1) is 0 Å². The first-order chi connectivity index (χ1) is 6.59. The maximum absolute atomic E-state index is 10.7. The molecule has 0 aliphatic rings. The maximum Gasteiger partial charge on any atom is 0.326 e. The molecule has 1 unspecified atom stereocenters. The molecule has 0 bridgehead atoms. The Balaban J connectivity index is 2.60. The van der Waals surface area contributed by atoms with Crippen molar-refractivity contribution in [1.82, 2.24) is 14.7 Å². The van der Waals surface area contributed by atoms with E-state index in [2.05, 4.69) is 14.7 Å². The van der Waals surface area contributed by atoms with Crippen molar-refractivity contribution >= 4 is 23.4 Å². The highest BCUT2D eigenvalue weighted by molar-refractivity contribution is 7.05. The average Bonchev–Trinajstić information content (AvgIpc) is 2.54. The average molecular weight is 215 g/mol. The van der Waals surface area contributed by atoms with E-state index in [1.807, 2.05) is 0 Å². The van der Waals surface area contributed by atoms with Crippen LogP contribution in [0.3, 0.4) is 0 Å². The van der Waals surface area contributed by atoms with Crippen LogP contribution < -0.4 is 5.32 Å². The van der Waals surface area contributed by atoms with Crippen LogP contribution in [0.4, 0.5) is 0 Å². The van der Waals surface area contributed by atoms with Gasteiger partial charge in [0.1, 0.15) is 17.4 Å². The molecule has 7 heteroatoms. The van der Waals surface area contributed by atoms with Crippen molar-refractivity contribution in [3.05, 3.63) is 11.3 Å². The Bertz CT molecular complexity index is 325. The Labute approximate surface area is 84.1 Å². The van der Waals surface area contributed by atoms with Gasteiger partial charge in [-0.1, -0.05) is 0 Å². The van der Waals surface area contributed by atoms with E-state index in [0.717, 1.165) is 11.5 Å². The number of carboxylic acids is 1. The maximum atomic E-state index is 10.7. The van der Waals surface area contributed by atoms with Crippen molar-refractivity contribution in [3.8, 4) is 0 Å². The molecule has 1 atom stereocenters. The molecule has 76 valence electrons. The summed E-state index contributed by atoms with van der Waals surface area (Å²) >= 11 is 1.12. The third kappa shape index (κ3) is 3.09. The van der Waals surface area contributed by atoms with Gasteiger partial charge < -0.3 is 10.4 Å². The van der Waals surface area contributed by atoms with E-state index in [9.17, 15) is 9.59 Å². The SMILES string of the molecule is CC(=O)NC(Cc1ncns1)C(=O)O. The van der Waals surface area contributed by atoms with Gasteiger partial charge in [-0.05, 0) is 11.5 Å². The van der Waals surface area contributed by atoms with E-state index in [1.165, 1.54) is 13.3 Å². The number of aliphatic carboxylic acids is 1. The van der Waals surface area contributed by atoms with Gasteiger partial charge >= 0.3 is 5.97 Å². The molecule has 1 rings (SSSR count). The molecule has 6 nitrogen and oxygen atoms in total. The summed E-state index contributed by atoms with van der Waals surface area (Å²) in [7, 11) is 0. The minimum absolute atomic E-state index is 0.166. The van der Waals surface area contributed by atoms with Crippen molar-refractivity contribution in [2.24, 2.45) is 0 Å². The standard InChI is InChI=1S/C7H9N3O3S/c1-4(11)10-5(7(12)13)2-6-8-3-9-14-6/h3,5H,2H2,1H3,(H,10,11)(H,12,13). The van der Waals surface area contributed by atoms with Crippen molar-refractivity contribution in [1.29, 1.82) is 0 Å². The van der Waals surface area contributed by atoms with Gasteiger partial charge in [-0.2, -0.15) is 4.37 Å². The molecule has 1 aromatic heterocycles. The predicted molar refractivity (Wildman–Crippen MR) is 48.9 cm³/mol. The van der Waals surface area contributed by atoms with Gasteiger partial charge in [-0.15, -0.1) is 0 Å². The van der Waals surface area contributed by atoms with Gasteiger partial charge in [0.25, 0.3) is 0 Å². The lowest BCUT2D eigenvalue weighted by molar-refractivity contribution is -0.141. The molecule has 0 spiro atoms. The fraction of sp³-hybridized carbons (Fsp3) is 0.429. The molecule has 0 radical (unpaired) electrons. The normalized spacial score (nSPS) is 12.1. The monoisotopic (exact) mass is 215 g/mol. The fourth-order valence-electron chi connectivity index (χ4n) is 0.906. The van der Waals surface area contributed by atoms with Gasteiger partial charge in [0.2, 0.25) is 5.91 Å². The second kappa shape index (κ2) is 4.66. The van der Waals surface area contributed by atoms with Gasteiger partial charge in [-0.25, -0.2) is 9.78 Å². The number of carboxylic acid groups (broad SMARTS) is 1. The summed E-state index contributed by atoms with van der Waals surface area (Å²) in [5, 5.41) is 11.7. The van der Waals surface area contributed by atoms with Gasteiger partial charge in [0.05, 0.1) is 0 Å². The molecular weight excluding hydrogens is 206 g/mol. The zero-order valence-electron chi connectivity index (χ0n) is 7.43. The summed E-state index contributed by atoms with van der Waals surface area (Å²) in [6.07, 6.45) is 1.52. The fourth-order valence-corrected chi connectivity index (χ4v) is 1.46. The smallest absolute Gasteiger partial charge is 0.326 e. The molecule has 0 aromatic carbocycles. The summed E-state index contributed by atoms with van der Waals surface area (Å²) in [4.78, 5) is 25.2. The third-order valence-electron chi connectivity index (χ3n) is 1.46. The zero-order chi connectivity index (χ0) is 10.6. The Kier molecular flexibility index (Phi) is 3.52. The molecule has 2 N–H and O–H groups in total. The van der Waals surface area contributed by atoms with Crippen LogP contribution in [0.5, 0.6) is 0 Å². The van der Waals surface area contributed by atoms with Gasteiger partial charge in [0, 0.05) is 13.3 Å². The second-order valence-electron chi connectivity index (χ2n) is 2.63. The quantitative estimate of drug-likeness (QED) is 0.717. The minimum Gasteiger partial charge on any atom is -0.480 e. The van der Waals surface area contributed by atoms with E-state index < -0.39 is 12.0 Å². The number of aromatic nitrogens is 2. The number of hydrogen-bond donors (Lipinski definition) is 2. The van der Waals surface area contributed by atoms with E-state index in [-0.39, 0.29) is 12.3 Å². The Morgan fingerprint density at radius 3 is 2.86 bits per heavy atom. The van der Waals surface area contributed by atoms with Crippen LogP contribution >= 0.6 is 11.5 Å². The number of amides is 1. The summed E-state index contributed by atoms with van der Waals surface area (Å²) in [5.74, 6) is -1.45. The summed E-state index contributed by atoms with van der Waals surface area (Å²) in [6, 6.07) is -0.930. The number of hydrogen-bond acceptors (Lipinski definition) is 5. The van der Waals surface area contributed by atoms with Crippen LogP contribution in [0.15, 0.2) is 6.33 Å². The highest BCUT2D eigenvalue weighted by Gasteiger charge is 2.19. The molecule has 1 aromatic rings. The Hall–Kier alpha value is -1.50. The van der Waals surface area contributed by atoms with Crippen molar-refractivity contribution < 1.29 is 14.7 Å². The van der Waals surface area contributed by atoms with Crippen LogP contribution in [-0.2, 0) is 16.0 Å². The van der Waals surface area contributed by atoms with Gasteiger partial charge in [0.15, 0.2) is 0 Å². The van der Waals surface area contributed by atoms with E-state index >= 15 is 0 Å². The minimum atomic E-state index is -1.07. The largest absolute Gasteiger partial charge is 0.480 e. The number of nitrogens with one attached hydrogen (secondary N) is 1. The second-order valence-corrected chi connectivity index (χ2v) is 3.50. The van der Waals surface area contributed by atoms with E-state index in [4.69, 9.17) is 5.11 Å². The van der Waals surface area contributed by atoms with E-state index in [0.29, 0.717) is 5.01 Å². The zero-order valence-corrected chi connectivity index (χ0v) is 8.24. The van der Waals surface area contributed by atoms with Crippen molar-refractivity contribution in [2.75, 3.05) is 0 Å². The van der Waals surface area contributed by atoms with Crippen molar-refractivity contribution in [2.45, 2.75) is 19.4 Å². The molecule has 14 heavy (non-hydrogen) atoms. The molecule has 0 aliphatic carbocycles. The Morgan fingerprint density at radius 1 is 1.71 bits per heavy atom. The highest BCUT2D eigenvalue weighted by atomic mass is 32.1. The van der Waals surface area contributed by atoms with E-state index in [1.54, 1.807) is 0 Å². The molecule has 0 aliphatic heterocycles.